The summed E-state index contributed by atoms with van der Waals surface area (Å²) in [6.45, 7) is 0. The van der Waals surface area contributed by atoms with Crippen molar-refractivity contribution in [2.45, 2.75) is 11.8 Å². The summed E-state index contributed by atoms with van der Waals surface area (Å²) in [4.78, 5) is 27.2. The zero-order chi connectivity index (χ0) is 13.1. The predicted molar refractivity (Wildman–Crippen MR) is 59.5 cm³/mol. The molecule has 0 amide bonds. The van der Waals surface area contributed by atoms with Crippen molar-refractivity contribution in [3.63, 3.8) is 0 Å². The Morgan fingerprint density at radius 2 is 1.65 bits per heavy atom. The molecule has 0 heterocycles. The van der Waals surface area contributed by atoms with E-state index in [0.717, 1.165) is 0 Å². The molecule has 96 valence electrons. The number of benzene rings is 1. The molecule has 0 fully saturated rings. The van der Waals surface area contributed by atoms with Gasteiger partial charge >= 0.3 is 15.2 Å². The molecule has 0 saturated heterocycles. The van der Waals surface area contributed by atoms with Crippen LogP contribution >= 0.6 is 15.2 Å². The summed E-state index contributed by atoms with van der Waals surface area (Å²) >= 11 is 0. The highest BCUT2D eigenvalue weighted by molar-refractivity contribution is 7.71. The Balaban J connectivity index is 3.03. The van der Waals surface area contributed by atoms with Gasteiger partial charge in [-0.3, -0.25) is 9.13 Å². The molecule has 0 radical (unpaired) electrons. The van der Waals surface area contributed by atoms with Gasteiger partial charge in [-0.1, -0.05) is 30.3 Å². The first-order chi connectivity index (χ1) is 7.77. The highest BCUT2D eigenvalue weighted by atomic mass is 31.2. The molecule has 0 aliphatic rings. The van der Waals surface area contributed by atoms with Gasteiger partial charge in [0, 0.05) is 0 Å². The standard InChI is InChI=1S/C8H12O7P2/c9-15-17(13,14)8(16(10,11)12)6-7-4-2-1-3-5-7/h1-5,8-9H,6H2,(H,13,14)(H2,10,11,12). The van der Waals surface area contributed by atoms with Crippen LogP contribution in [0.4, 0.5) is 0 Å². The van der Waals surface area contributed by atoms with Crippen molar-refractivity contribution in [2.24, 2.45) is 0 Å². The fourth-order valence-corrected chi connectivity index (χ4v) is 3.95. The monoisotopic (exact) mass is 282 g/mol. The van der Waals surface area contributed by atoms with Gasteiger partial charge in [0.05, 0.1) is 0 Å². The minimum atomic E-state index is -4.88. The second kappa shape index (κ2) is 5.42. The van der Waals surface area contributed by atoms with Crippen LogP contribution in [0.1, 0.15) is 5.56 Å². The van der Waals surface area contributed by atoms with Gasteiger partial charge in [0.1, 0.15) is 0 Å². The van der Waals surface area contributed by atoms with Crippen LogP contribution in [0.3, 0.4) is 0 Å². The number of rotatable bonds is 5. The van der Waals surface area contributed by atoms with Gasteiger partial charge in [-0.25, -0.2) is 5.26 Å². The van der Waals surface area contributed by atoms with Crippen molar-refractivity contribution in [3.8, 4) is 0 Å². The Hall–Kier alpha value is -0.520. The Morgan fingerprint density at radius 3 is 2.06 bits per heavy atom. The Morgan fingerprint density at radius 1 is 1.12 bits per heavy atom. The molecule has 0 spiro atoms. The smallest absolute Gasteiger partial charge is 0.324 e. The molecule has 0 aliphatic carbocycles. The molecule has 9 heteroatoms. The summed E-state index contributed by atoms with van der Waals surface area (Å²) in [7, 11) is -9.66. The van der Waals surface area contributed by atoms with E-state index in [2.05, 4.69) is 4.67 Å². The lowest BCUT2D eigenvalue weighted by atomic mass is 10.2. The van der Waals surface area contributed by atoms with E-state index in [4.69, 9.17) is 15.0 Å². The first kappa shape index (κ1) is 14.5. The van der Waals surface area contributed by atoms with Gasteiger partial charge in [-0.05, 0) is 12.0 Å². The summed E-state index contributed by atoms with van der Waals surface area (Å²) in [5.74, 6) is 0. The highest BCUT2D eigenvalue weighted by Crippen LogP contribution is 2.63. The third kappa shape index (κ3) is 4.01. The van der Waals surface area contributed by atoms with Crippen LogP contribution in [-0.2, 0) is 20.2 Å². The SMILES string of the molecule is O=P(O)(O)C(Cc1ccccc1)P(=O)(O)OO. The molecule has 7 nitrogen and oxygen atoms in total. The van der Waals surface area contributed by atoms with E-state index in [9.17, 15) is 14.0 Å². The Labute approximate surface area is 97.3 Å². The Bertz CT molecular complexity index is 454. The maximum absolute atomic E-state index is 11.3. The van der Waals surface area contributed by atoms with Crippen molar-refractivity contribution in [1.29, 1.82) is 0 Å². The van der Waals surface area contributed by atoms with Crippen LogP contribution in [0.25, 0.3) is 0 Å². The third-order valence-corrected chi connectivity index (χ3v) is 6.05. The normalized spacial score (nSPS) is 17.4. The second-order valence-corrected chi connectivity index (χ2v) is 7.53. The average molecular weight is 282 g/mol. The van der Waals surface area contributed by atoms with Gasteiger partial charge in [0.2, 0.25) is 0 Å². The number of hydrogen-bond donors (Lipinski definition) is 4. The van der Waals surface area contributed by atoms with Crippen molar-refractivity contribution in [3.05, 3.63) is 35.9 Å². The number of hydrogen-bond acceptors (Lipinski definition) is 4. The van der Waals surface area contributed by atoms with E-state index in [1.165, 1.54) is 0 Å². The van der Waals surface area contributed by atoms with Crippen molar-refractivity contribution in [1.82, 2.24) is 0 Å². The van der Waals surface area contributed by atoms with Crippen LogP contribution in [0.15, 0.2) is 30.3 Å². The maximum atomic E-state index is 11.3. The first-order valence-corrected chi connectivity index (χ1v) is 7.85. The fraction of sp³-hybridized carbons (Fsp3) is 0.250. The van der Waals surface area contributed by atoms with E-state index in [-0.39, 0.29) is 6.42 Å². The van der Waals surface area contributed by atoms with Crippen LogP contribution in [-0.4, -0.2) is 25.3 Å². The molecule has 0 aromatic heterocycles. The fourth-order valence-electron chi connectivity index (χ4n) is 1.30. The molecule has 2 unspecified atom stereocenters. The highest BCUT2D eigenvalue weighted by Gasteiger charge is 2.45. The second-order valence-electron chi connectivity index (χ2n) is 3.41. The van der Waals surface area contributed by atoms with Crippen LogP contribution < -0.4 is 0 Å². The van der Waals surface area contributed by atoms with Crippen LogP contribution in [0, 0.1) is 0 Å². The molecule has 1 rings (SSSR count). The Kier molecular flexibility index (Phi) is 4.63. The molecule has 2 atom stereocenters. The van der Waals surface area contributed by atoms with E-state index < -0.39 is 20.6 Å². The van der Waals surface area contributed by atoms with E-state index >= 15 is 0 Å². The summed E-state index contributed by atoms with van der Waals surface area (Å²) in [6.07, 6.45) is -0.376. The molecule has 4 N–H and O–H groups in total. The molecule has 0 saturated carbocycles. The zero-order valence-corrected chi connectivity index (χ0v) is 10.4. The molecular weight excluding hydrogens is 270 g/mol. The molecular formula is C8H12O7P2. The van der Waals surface area contributed by atoms with Crippen LogP contribution in [0.5, 0.6) is 0 Å². The maximum Gasteiger partial charge on any atom is 0.370 e. The molecule has 0 bridgehead atoms. The topological polar surface area (TPSA) is 124 Å². The predicted octanol–water partition coefficient (Wildman–Crippen LogP) is 1.41. The molecule has 0 aliphatic heterocycles. The van der Waals surface area contributed by atoms with E-state index in [1.807, 2.05) is 0 Å². The van der Waals surface area contributed by atoms with Gasteiger partial charge in [-0.2, -0.15) is 4.67 Å². The summed E-state index contributed by atoms with van der Waals surface area (Å²) < 4.78 is 25.8. The lowest BCUT2D eigenvalue weighted by Gasteiger charge is -2.20. The summed E-state index contributed by atoms with van der Waals surface area (Å²) in [5.41, 5.74) is 0.451. The van der Waals surface area contributed by atoms with Gasteiger partial charge < -0.3 is 14.7 Å². The molecule has 1 aromatic carbocycles. The van der Waals surface area contributed by atoms with Gasteiger partial charge in [-0.15, -0.1) is 0 Å². The van der Waals surface area contributed by atoms with Crippen LogP contribution in [0.2, 0.25) is 0 Å². The largest absolute Gasteiger partial charge is 0.370 e. The zero-order valence-electron chi connectivity index (χ0n) is 8.58. The average Bonchev–Trinajstić information content (AvgIpc) is 2.25. The molecule has 1 aromatic rings. The van der Waals surface area contributed by atoms with Gasteiger partial charge in [0.15, 0.2) is 5.40 Å². The molecule has 17 heavy (non-hydrogen) atoms. The van der Waals surface area contributed by atoms with Crippen molar-refractivity contribution in [2.75, 3.05) is 0 Å². The van der Waals surface area contributed by atoms with E-state index in [1.54, 1.807) is 30.3 Å². The first-order valence-electron chi connectivity index (χ1n) is 4.52. The van der Waals surface area contributed by atoms with Gasteiger partial charge in [0.25, 0.3) is 0 Å². The lowest BCUT2D eigenvalue weighted by molar-refractivity contribution is -0.146. The quantitative estimate of drug-likeness (QED) is 0.365. The summed E-state index contributed by atoms with van der Waals surface area (Å²) in [5, 5.41) is 6.27. The van der Waals surface area contributed by atoms with E-state index in [0.29, 0.717) is 5.56 Å². The minimum Gasteiger partial charge on any atom is -0.324 e. The summed E-state index contributed by atoms with van der Waals surface area (Å²) in [6, 6.07) is 8.01. The minimum absolute atomic E-state index is 0.376. The van der Waals surface area contributed by atoms with Crippen molar-refractivity contribution >= 4 is 15.2 Å². The lowest BCUT2D eigenvalue weighted by Crippen LogP contribution is -2.14. The van der Waals surface area contributed by atoms with Crippen molar-refractivity contribution < 1.29 is 33.7 Å². The third-order valence-electron chi connectivity index (χ3n) is 2.14.